The van der Waals surface area contributed by atoms with E-state index in [1.165, 1.54) is 9.60 Å². The van der Waals surface area contributed by atoms with Crippen molar-refractivity contribution < 1.29 is 24.3 Å². The van der Waals surface area contributed by atoms with E-state index in [1.54, 1.807) is 25.6 Å². The molecule has 0 atom stereocenters. The summed E-state index contributed by atoms with van der Waals surface area (Å²) in [5.41, 5.74) is 4.18. The third-order valence-electron chi connectivity index (χ3n) is 6.35. The molecule has 3 heterocycles. The molecule has 0 radical (unpaired) electrons. The van der Waals surface area contributed by atoms with Crippen LogP contribution in [-0.4, -0.2) is 42.7 Å². The molecular weight excluding hydrogens is 426 g/mol. The Bertz CT molecular complexity index is 1290. The summed E-state index contributed by atoms with van der Waals surface area (Å²) in [6.45, 7) is 2.38. The van der Waals surface area contributed by atoms with E-state index in [2.05, 4.69) is 16.5 Å². The number of aliphatic carboxylic acids is 1. The summed E-state index contributed by atoms with van der Waals surface area (Å²) in [6.07, 6.45) is 1.30. The van der Waals surface area contributed by atoms with Gasteiger partial charge in [-0.2, -0.15) is 0 Å². The van der Waals surface area contributed by atoms with E-state index in [-0.39, 0.29) is 5.92 Å². The Hall–Kier alpha value is -3.10. The molecule has 0 bridgehead atoms. The van der Waals surface area contributed by atoms with Gasteiger partial charge in [0.05, 0.1) is 43.2 Å². The van der Waals surface area contributed by atoms with Crippen molar-refractivity contribution in [1.29, 1.82) is 0 Å². The average molecular weight is 452 g/mol. The number of rotatable bonds is 6. The van der Waals surface area contributed by atoms with Gasteiger partial charge in [-0.3, -0.25) is 4.40 Å². The summed E-state index contributed by atoms with van der Waals surface area (Å²) >= 11 is 1.68. The highest BCUT2D eigenvalue weighted by Crippen LogP contribution is 2.36. The van der Waals surface area contributed by atoms with Crippen LogP contribution in [0.2, 0.25) is 0 Å². The molecule has 2 aromatic carbocycles. The summed E-state index contributed by atoms with van der Waals surface area (Å²) in [4.78, 5) is 18.6. The van der Waals surface area contributed by atoms with Crippen molar-refractivity contribution in [2.75, 3.05) is 27.3 Å². The Balaban J connectivity index is 1.60. The predicted molar refractivity (Wildman–Crippen MR) is 121 cm³/mol. The van der Waals surface area contributed by atoms with Crippen LogP contribution in [0.5, 0.6) is 11.5 Å². The van der Waals surface area contributed by atoms with E-state index in [4.69, 9.17) is 14.5 Å². The van der Waals surface area contributed by atoms with E-state index in [0.717, 1.165) is 47.1 Å². The van der Waals surface area contributed by atoms with Crippen LogP contribution < -0.4 is 19.5 Å². The van der Waals surface area contributed by atoms with Gasteiger partial charge in [-0.05, 0) is 30.3 Å². The molecule has 0 amide bonds. The number of para-hydroxylation sites is 1. The van der Waals surface area contributed by atoms with Gasteiger partial charge in [-0.1, -0.05) is 23.5 Å². The zero-order valence-electron chi connectivity index (χ0n) is 18.1. The number of ether oxygens (including phenoxy) is 2. The van der Waals surface area contributed by atoms with E-state index >= 15 is 0 Å². The quantitative estimate of drug-likeness (QED) is 0.483. The molecule has 4 aromatic rings. The van der Waals surface area contributed by atoms with Crippen LogP contribution in [0.3, 0.4) is 0 Å². The maximum Gasteiger partial charge on any atom is 0.195 e. The maximum atomic E-state index is 11.3. The number of aromatic nitrogens is 2. The zero-order valence-corrected chi connectivity index (χ0v) is 18.9. The summed E-state index contributed by atoms with van der Waals surface area (Å²) in [6, 6.07) is 14.2. The first-order valence-electron chi connectivity index (χ1n) is 10.7. The minimum Gasteiger partial charge on any atom is -0.550 e. The Labute approximate surface area is 189 Å². The van der Waals surface area contributed by atoms with Crippen LogP contribution in [0.4, 0.5) is 0 Å². The molecule has 0 aliphatic carbocycles. The molecule has 1 aliphatic heterocycles. The van der Waals surface area contributed by atoms with Crippen molar-refractivity contribution >= 4 is 32.5 Å². The SMILES string of the molecule is COc1ccc(-c2nc3sc4ccccc4n3c2C[NH+]2CCC(C(=O)[O-])CC2)cc1OC. The van der Waals surface area contributed by atoms with E-state index in [9.17, 15) is 9.90 Å². The van der Waals surface area contributed by atoms with Crippen LogP contribution >= 0.6 is 11.3 Å². The average Bonchev–Trinajstić information content (AvgIpc) is 3.35. The number of imidazole rings is 1. The Morgan fingerprint density at radius 2 is 1.91 bits per heavy atom. The highest BCUT2D eigenvalue weighted by Gasteiger charge is 2.27. The van der Waals surface area contributed by atoms with Crippen LogP contribution in [0.1, 0.15) is 18.5 Å². The largest absolute Gasteiger partial charge is 0.550 e. The number of carbonyl (C=O) groups excluding carboxylic acids is 1. The molecule has 0 spiro atoms. The lowest BCUT2D eigenvalue weighted by atomic mass is 9.97. The molecule has 1 saturated heterocycles. The first-order valence-corrected chi connectivity index (χ1v) is 11.6. The van der Waals surface area contributed by atoms with Gasteiger partial charge in [0, 0.05) is 30.3 Å². The molecule has 0 unspecified atom stereocenters. The van der Waals surface area contributed by atoms with E-state index in [0.29, 0.717) is 24.3 Å². The van der Waals surface area contributed by atoms with Gasteiger partial charge < -0.3 is 24.3 Å². The zero-order chi connectivity index (χ0) is 22.2. The fourth-order valence-corrected chi connectivity index (χ4v) is 5.67. The number of carboxylic acids is 1. The number of methoxy groups -OCH3 is 2. The smallest absolute Gasteiger partial charge is 0.195 e. The number of carbonyl (C=O) groups is 1. The van der Waals surface area contributed by atoms with Gasteiger partial charge in [0.15, 0.2) is 16.5 Å². The second-order valence-corrected chi connectivity index (χ2v) is 9.19. The number of likely N-dealkylation sites (tertiary alicyclic amines) is 1. The summed E-state index contributed by atoms with van der Waals surface area (Å²) in [5.74, 6) is 0.0840. The van der Waals surface area contributed by atoms with Crippen molar-refractivity contribution in [3.05, 3.63) is 48.2 Å². The van der Waals surface area contributed by atoms with Crippen LogP contribution in [-0.2, 0) is 11.3 Å². The van der Waals surface area contributed by atoms with Gasteiger partial charge in [0.2, 0.25) is 0 Å². The number of carboxylic acid groups (broad SMARTS) is 1. The van der Waals surface area contributed by atoms with Crippen molar-refractivity contribution in [3.8, 4) is 22.8 Å². The molecule has 1 N–H and O–H groups in total. The summed E-state index contributed by atoms with van der Waals surface area (Å²) in [7, 11) is 3.26. The van der Waals surface area contributed by atoms with Crippen molar-refractivity contribution in [2.45, 2.75) is 19.4 Å². The number of benzene rings is 2. The fraction of sp³-hybridized carbons (Fsp3) is 0.333. The number of nitrogens with zero attached hydrogens (tertiary/aromatic N) is 2. The lowest BCUT2D eigenvalue weighted by Crippen LogP contribution is -3.12. The number of piperidine rings is 1. The van der Waals surface area contributed by atoms with Gasteiger partial charge in [0.25, 0.3) is 0 Å². The lowest BCUT2D eigenvalue weighted by molar-refractivity contribution is -0.919. The molecule has 1 aliphatic rings. The number of fused-ring (bicyclic) bond motifs is 3. The Morgan fingerprint density at radius 1 is 1.16 bits per heavy atom. The first-order chi connectivity index (χ1) is 15.6. The van der Waals surface area contributed by atoms with Gasteiger partial charge in [-0.25, -0.2) is 4.98 Å². The first kappa shape index (κ1) is 20.8. The van der Waals surface area contributed by atoms with Gasteiger partial charge in [0.1, 0.15) is 12.2 Å². The number of hydrogen-bond acceptors (Lipinski definition) is 6. The molecule has 5 rings (SSSR count). The van der Waals surface area contributed by atoms with Crippen LogP contribution in [0, 0.1) is 5.92 Å². The third kappa shape index (κ3) is 3.59. The Morgan fingerprint density at radius 3 is 2.62 bits per heavy atom. The highest BCUT2D eigenvalue weighted by molar-refractivity contribution is 7.23. The van der Waals surface area contributed by atoms with Crippen molar-refractivity contribution in [2.24, 2.45) is 5.92 Å². The predicted octanol–water partition coefficient (Wildman–Crippen LogP) is 1.78. The maximum absolute atomic E-state index is 11.3. The summed E-state index contributed by atoms with van der Waals surface area (Å²) in [5, 5.41) is 11.3. The van der Waals surface area contributed by atoms with Crippen LogP contribution in [0.25, 0.3) is 26.4 Å². The minimum absolute atomic E-state index is 0.337. The second kappa shape index (κ2) is 8.44. The highest BCUT2D eigenvalue weighted by atomic mass is 32.1. The molecular formula is C24H25N3O4S. The molecule has 1 fully saturated rings. The number of nitrogens with one attached hydrogen (secondary N) is 1. The molecule has 166 valence electrons. The van der Waals surface area contributed by atoms with Crippen molar-refractivity contribution in [3.63, 3.8) is 0 Å². The van der Waals surface area contributed by atoms with Gasteiger partial charge >= 0.3 is 0 Å². The molecule has 7 nitrogen and oxygen atoms in total. The number of hydrogen-bond donors (Lipinski definition) is 1. The fourth-order valence-electron chi connectivity index (χ4n) is 4.63. The third-order valence-corrected chi connectivity index (χ3v) is 7.37. The monoisotopic (exact) mass is 451 g/mol. The topological polar surface area (TPSA) is 80.3 Å². The molecule has 32 heavy (non-hydrogen) atoms. The normalized spacial score (nSPS) is 18.8. The molecule has 0 saturated carbocycles. The number of quaternary nitrogens is 1. The summed E-state index contributed by atoms with van der Waals surface area (Å²) < 4.78 is 14.4. The van der Waals surface area contributed by atoms with Gasteiger partial charge in [-0.15, -0.1) is 0 Å². The minimum atomic E-state index is -0.925. The second-order valence-electron chi connectivity index (χ2n) is 8.18. The lowest BCUT2D eigenvalue weighted by Gasteiger charge is -2.29. The van der Waals surface area contributed by atoms with Crippen LogP contribution in [0.15, 0.2) is 42.5 Å². The molecule has 8 heteroatoms. The molecule has 2 aromatic heterocycles. The Kier molecular flexibility index (Phi) is 5.48. The van der Waals surface area contributed by atoms with E-state index in [1.807, 2.05) is 30.3 Å². The standard InChI is InChI=1S/C24H25N3O4S/c1-30-19-8-7-16(13-20(19)31-2)22-18(14-26-11-9-15(10-12-26)23(28)29)27-17-5-3-4-6-21(17)32-24(27)25-22/h3-8,13,15H,9-12,14H2,1-2H3,(H,28,29). The van der Waals surface area contributed by atoms with Crippen molar-refractivity contribution in [1.82, 2.24) is 9.38 Å². The number of thiazole rings is 1. The van der Waals surface area contributed by atoms with E-state index < -0.39 is 5.97 Å².